The Labute approximate surface area is 160 Å². The van der Waals surface area contributed by atoms with E-state index in [1.807, 2.05) is 36.4 Å². The molecule has 0 unspecified atom stereocenters. The third-order valence-electron chi connectivity index (χ3n) is 4.56. The normalized spacial score (nSPS) is 11.4. The van der Waals surface area contributed by atoms with Gasteiger partial charge < -0.3 is 4.90 Å². The van der Waals surface area contributed by atoms with Crippen molar-refractivity contribution in [2.45, 2.75) is 13.1 Å². The zero-order valence-corrected chi connectivity index (χ0v) is 15.2. The van der Waals surface area contributed by atoms with Gasteiger partial charge in [-0.15, -0.1) is 0 Å². The summed E-state index contributed by atoms with van der Waals surface area (Å²) in [7, 11) is 1.46. The van der Waals surface area contributed by atoms with Gasteiger partial charge in [-0.2, -0.15) is 13.2 Å². The highest BCUT2D eigenvalue weighted by Crippen LogP contribution is 2.34. The van der Waals surface area contributed by atoms with Crippen molar-refractivity contribution in [1.29, 1.82) is 0 Å². The number of rotatable bonds is 3. The number of para-hydroxylation sites is 1. The monoisotopic (exact) mass is 387 g/mol. The SMILES string of the molecule is Cc1c(F)cc(C(F)(F)F)cc1C(=O)N(C)c1ccccc1-c1ccccc1. The lowest BCUT2D eigenvalue weighted by Gasteiger charge is -2.22. The van der Waals surface area contributed by atoms with E-state index in [1.165, 1.54) is 18.9 Å². The minimum absolute atomic E-state index is 0.123. The summed E-state index contributed by atoms with van der Waals surface area (Å²) in [4.78, 5) is 14.2. The van der Waals surface area contributed by atoms with Crippen LogP contribution < -0.4 is 4.90 Å². The number of benzene rings is 3. The van der Waals surface area contributed by atoms with E-state index < -0.39 is 23.5 Å². The van der Waals surface area contributed by atoms with Crippen LogP contribution in [0.4, 0.5) is 23.2 Å². The highest BCUT2D eigenvalue weighted by Gasteiger charge is 2.33. The number of carbonyl (C=O) groups excluding carboxylic acids is 1. The molecular formula is C22H17F4NO. The number of nitrogens with zero attached hydrogens (tertiary/aromatic N) is 1. The zero-order chi connectivity index (χ0) is 20.5. The summed E-state index contributed by atoms with van der Waals surface area (Å²) in [6, 6.07) is 17.4. The molecule has 3 aromatic rings. The molecule has 2 nitrogen and oxygen atoms in total. The van der Waals surface area contributed by atoms with Gasteiger partial charge in [0.15, 0.2) is 0 Å². The van der Waals surface area contributed by atoms with Crippen LogP contribution in [0.25, 0.3) is 11.1 Å². The number of anilines is 1. The van der Waals surface area contributed by atoms with E-state index in [0.29, 0.717) is 17.8 Å². The molecule has 0 aliphatic rings. The molecule has 0 heterocycles. The summed E-state index contributed by atoms with van der Waals surface area (Å²) in [6.07, 6.45) is -4.75. The Hall–Kier alpha value is -3.15. The van der Waals surface area contributed by atoms with Crippen molar-refractivity contribution in [3.05, 3.63) is 89.2 Å². The van der Waals surface area contributed by atoms with E-state index in [1.54, 1.807) is 18.2 Å². The maximum absolute atomic E-state index is 14.1. The van der Waals surface area contributed by atoms with Crippen molar-refractivity contribution in [3.8, 4) is 11.1 Å². The van der Waals surface area contributed by atoms with Gasteiger partial charge in [0.1, 0.15) is 5.82 Å². The van der Waals surface area contributed by atoms with Crippen molar-refractivity contribution < 1.29 is 22.4 Å². The molecule has 0 aliphatic carbocycles. The Morgan fingerprint density at radius 2 is 1.54 bits per heavy atom. The van der Waals surface area contributed by atoms with E-state index in [9.17, 15) is 22.4 Å². The van der Waals surface area contributed by atoms with Crippen LogP contribution in [-0.2, 0) is 6.18 Å². The summed E-state index contributed by atoms with van der Waals surface area (Å²) in [5.41, 5.74) is 0.466. The van der Waals surface area contributed by atoms with Crippen LogP contribution in [0.2, 0.25) is 0 Å². The summed E-state index contributed by atoms with van der Waals surface area (Å²) < 4.78 is 53.3. The molecule has 6 heteroatoms. The fourth-order valence-electron chi connectivity index (χ4n) is 2.98. The molecule has 0 fully saturated rings. The van der Waals surface area contributed by atoms with Gasteiger partial charge in [-0.1, -0.05) is 48.5 Å². The van der Waals surface area contributed by atoms with Gasteiger partial charge in [-0.3, -0.25) is 4.79 Å². The number of alkyl halides is 3. The first-order valence-corrected chi connectivity index (χ1v) is 8.50. The molecule has 0 saturated carbocycles. The van der Waals surface area contributed by atoms with Crippen molar-refractivity contribution in [2.24, 2.45) is 0 Å². The average Bonchev–Trinajstić information content (AvgIpc) is 2.68. The van der Waals surface area contributed by atoms with Gasteiger partial charge in [-0.25, -0.2) is 4.39 Å². The van der Waals surface area contributed by atoms with E-state index in [0.717, 1.165) is 11.1 Å². The minimum Gasteiger partial charge on any atom is -0.311 e. The van der Waals surface area contributed by atoms with Gasteiger partial charge in [0, 0.05) is 18.2 Å². The molecule has 0 aliphatic heterocycles. The van der Waals surface area contributed by atoms with E-state index in [4.69, 9.17) is 0 Å². The van der Waals surface area contributed by atoms with Gasteiger partial charge in [0.05, 0.1) is 11.3 Å². The molecule has 0 spiro atoms. The fraction of sp³-hybridized carbons (Fsp3) is 0.136. The lowest BCUT2D eigenvalue weighted by Crippen LogP contribution is -2.28. The minimum atomic E-state index is -4.75. The number of carbonyl (C=O) groups is 1. The standard InChI is InChI=1S/C22H17F4NO/c1-14-18(12-16(13-19(14)23)22(24,25)26)21(28)27(2)20-11-7-6-10-17(20)15-8-4-3-5-9-15/h3-13H,1-2H3. The zero-order valence-electron chi connectivity index (χ0n) is 15.2. The Balaban J connectivity index is 2.07. The summed E-state index contributed by atoms with van der Waals surface area (Å²) in [6.45, 7) is 1.29. The smallest absolute Gasteiger partial charge is 0.311 e. The number of hydrogen-bond donors (Lipinski definition) is 0. The molecule has 0 atom stereocenters. The molecule has 3 aromatic carbocycles. The molecule has 0 bridgehead atoms. The largest absolute Gasteiger partial charge is 0.416 e. The quantitative estimate of drug-likeness (QED) is 0.498. The Bertz CT molecular complexity index is 1010. The molecule has 0 aromatic heterocycles. The summed E-state index contributed by atoms with van der Waals surface area (Å²) in [5, 5.41) is 0. The van der Waals surface area contributed by atoms with Crippen molar-refractivity contribution in [3.63, 3.8) is 0 Å². The van der Waals surface area contributed by atoms with Crippen LogP contribution >= 0.6 is 0 Å². The fourth-order valence-corrected chi connectivity index (χ4v) is 2.98. The van der Waals surface area contributed by atoms with Gasteiger partial charge in [0.2, 0.25) is 0 Å². The molecule has 28 heavy (non-hydrogen) atoms. The summed E-state index contributed by atoms with van der Waals surface area (Å²) >= 11 is 0. The van der Waals surface area contributed by atoms with Gasteiger partial charge >= 0.3 is 6.18 Å². The molecule has 3 rings (SSSR count). The van der Waals surface area contributed by atoms with Crippen molar-refractivity contribution in [2.75, 3.05) is 11.9 Å². The first-order chi connectivity index (χ1) is 13.2. The van der Waals surface area contributed by atoms with Crippen molar-refractivity contribution in [1.82, 2.24) is 0 Å². The van der Waals surface area contributed by atoms with Gasteiger partial charge in [-0.05, 0) is 36.2 Å². The first-order valence-electron chi connectivity index (χ1n) is 8.50. The number of amides is 1. The van der Waals surface area contributed by atoms with Crippen molar-refractivity contribution >= 4 is 11.6 Å². The highest BCUT2D eigenvalue weighted by atomic mass is 19.4. The van der Waals surface area contributed by atoms with Crippen LogP contribution in [-0.4, -0.2) is 13.0 Å². The third-order valence-corrected chi connectivity index (χ3v) is 4.56. The predicted molar refractivity (Wildman–Crippen MR) is 101 cm³/mol. The molecule has 1 amide bonds. The van der Waals surface area contributed by atoms with E-state index in [-0.39, 0.29) is 11.1 Å². The second kappa shape index (κ2) is 7.46. The van der Waals surface area contributed by atoms with Crippen LogP contribution in [0.15, 0.2) is 66.7 Å². The Morgan fingerprint density at radius 3 is 2.18 bits per heavy atom. The average molecular weight is 387 g/mol. The molecular weight excluding hydrogens is 370 g/mol. The Kier molecular flexibility index (Phi) is 5.23. The summed E-state index contributed by atoms with van der Waals surface area (Å²) in [5.74, 6) is -1.78. The predicted octanol–water partition coefficient (Wildman–Crippen LogP) is 6.10. The van der Waals surface area contributed by atoms with E-state index in [2.05, 4.69) is 0 Å². The Morgan fingerprint density at radius 1 is 0.929 bits per heavy atom. The second-order valence-electron chi connectivity index (χ2n) is 6.38. The maximum Gasteiger partial charge on any atom is 0.416 e. The molecule has 0 N–H and O–H groups in total. The van der Waals surface area contributed by atoms with Crippen LogP contribution in [0.3, 0.4) is 0 Å². The molecule has 144 valence electrons. The lowest BCUT2D eigenvalue weighted by atomic mass is 10.0. The number of halogens is 4. The van der Waals surface area contributed by atoms with Crippen LogP contribution in [0, 0.1) is 12.7 Å². The first kappa shape index (κ1) is 19.6. The van der Waals surface area contributed by atoms with Gasteiger partial charge in [0.25, 0.3) is 5.91 Å². The second-order valence-corrected chi connectivity index (χ2v) is 6.38. The van der Waals surface area contributed by atoms with Crippen LogP contribution in [0.5, 0.6) is 0 Å². The van der Waals surface area contributed by atoms with Crippen LogP contribution in [0.1, 0.15) is 21.5 Å². The highest BCUT2D eigenvalue weighted by molar-refractivity contribution is 6.08. The topological polar surface area (TPSA) is 20.3 Å². The molecule has 0 radical (unpaired) electrons. The lowest BCUT2D eigenvalue weighted by molar-refractivity contribution is -0.137. The maximum atomic E-state index is 14.1. The molecule has 0 saturated heterocycles. The third kappa shape index (κ3) is 3.76. The number of hydrogen-bond acceptors (Lipinski definition) is 1. The van der Waals surface area contributed by atoms with E-state index >= 15 is 0 Å².